The summed E-state index contributed by atoms with van der Waals surface area (Å²) in [5, 5.41) is 2.82. The second-order valence-electron chi connectivity index (χ2n) is 3.68. The van der Waals surface area contributed by atoms with Crippen molar-refractivity contribution in [3.05, 3.63) is 35.9 Å². The highest BCUT2D eigenvalue weighted by atomic mass is 35.5. The lowest BCUT2D eigenvalue weighted by molar-refractivity contribution is -0.124. The van der Waals surface area contributed by atoms with E-state index in [2.05, 4.69) is 5.32 Å². The molecule has 2 rings (SSSR count). The number of carbonyl (C=O) groups is 1. The molecule has 0 unspecified atom stereocenters. The molecule has 1 aliphatic heterocycles. The summed E-state index contributed by atoms with van der Waals surface area (Å²) in [5.74, 6) is -0.300. The van der Waals surface area contributed by atoms with Crippen molar-refractivity contribution in [1.82, 2.24) is 5.32 Å². The number of amides is 1. The first-order valence-electron chi connectivity index (χ1n) is 4.83. The van der Waals surface area contributed by atoms with Gasteiger partial charge in [0, 0.05) is 0 Å². The normalized spacial score (nSPS) is 24.7. The summed E-state index contributed by atoms with van der Waals surface area (Å²) >= 11 is 11.7. The van der Waals surface area contributed by atoms with Gasteiger partial charge in [-0.05, 0) is 18.4 Å². The lowest BCUT2D eigenvalue weighted by atomic mass is 9.97. The summed E-state index contributed by atoms with van der Waals surface area (Å²) < 4.78 is -1.26. The van der Waals surface area contributed by atoms with Gasteiger partial charge in [-0.3, -0.25) is 4.79 Å². The maximum absolute atomic E-state index is 11.5. The van der Waals surface area contributed by atoms with Crippen molar-refractivity contribution in [2.24, 2.45) is 0 Å². The first-order chi connectivity index (χ1) is 7.09. The van der Waals surface area contributed by atoms with Crippen LogP contribution in [-0.4, -0.2) is 10.2 Å². The number of carbonyl (C=O) groups excluding carboxylic acids is 1. The summed E-state index contributed by atoms with van der Waals surface area (Å²) in [6.45, 7) is 0. The molecule has 0 radical (unpaired) electrons. The van der Waals surface area contributed by atoms with Crippen LogP contribution >= 0.6 is 23.2 Å². The second-order valence-corrected chi connectivity index (χ2v) is 5.16. The Morgan fingerprint density at radius 2 is 1.93 bits per heavy atom. The minimum absolute atomic E-state index is 0.0318. The Labute approximate surface area is 98.6 Å². The van der Waals surface area contributed by atoms with E-state index in [1.165, 1.54) is 0 Å². The summed E-state index contributed by atoms with van der Waals surface area (Å²) in [6.07, 6.45) is 1.25. The van der Waals surface area contributed by atoms with Crippen molar-refractivity contribution in [1.29, 1.82) is 0 Å². The lowest BCUT2D eigenvalue weighted by Gasteiger charge is -2.31. The third kappa shape index (κ3) is 2.27. The monoisotopic (exact) mass is 243 g/mol. The minimum atomic E-state index is -1.26. The molecular formula is C11H11Cl2NO. The Kier molecular flexibility index (Phi) is 2.89. The average Bonchev–Trinajstić information content (AvgIpc) is 2.23. The predicted octanol–water partition coefficient (Wildman–Crippen LogP) is 2.81. The van der Waals surface area contributed by atoms with Crippen molar-refractivity contribution in [2.75, 3.05) is 0 Å². The molecular weight excluding hydrogens is 233 g/mol. The van der Waals surface area contributed by atoms with Crippen molar-refractivity contribution in [2.45, 2.75) is 23.2 Å². The first-order valence-corrected chi connectivity index (χ1v) is 5.59. The van der Waals surface area contributed by atoms with Crippen molar-refractivity contribution >= 4 is 29.1 Å². The van der Waals surface area contributed by atoms with Gasteiger partial charge in [0.05, 0.1) is 6.04 Å². The van der Waals surface area contributed by atoms with E-state index in [4.69, 9.17) is 23.2 Å². The lowest BCUT2D eigenvalue weighted by Crippen LogP contribution is -2.45. The molecule has 0 saturated carbocycles. The molecule has 1 amide bonds. The fourth-order valence-corrected chi connectivity index (χ4v) is 2.04. The molecule has 2 nitrogen and oxygen atoms in total. The second kappa shape index (κ2) is 4.03. The van der Waals surface area contributed by atoms with Crippen LogP contribution in [0.5, 0.6) is 0 Å². The zero-order valence-electron chi connectivity index (χ0n) is 8.04. The van der Waals surface area contributed by atoms with E-state index in [1.54, 1.807) is 0 Å². The summed E-state index contributed by atoms with van der Waals surface area (Å²) in [7, 11) is 0. The van der Waals surface area contributed by atoms with Gasteiger partial charge in [-0.1, -0.05) is 53.5 Å². The Hall–Kier alpha value is -0.730. The molecule has 1 heterocycles. The van der Waals surface area contributed by atoms with Crippen LogP contribution < -0.4 is 5.32 Å². The third-order valence-corrected chi connectivity index (χ3v) is 3.31. The van der Waals surface area contributed by atoms with E-state index < -0.39 is 4.33 Å². The average molecular weight is 244 g/mol. The predicted molar refractivity (Wildman–Crippen MR) is 61.0 cm³/mol. The van der Waals surface area contributed by atoms with Gasteiger partial charge < -0.3 is 5.32 Å². The zero-order chi connectivity index (χ0) is 10.9. The van der Waals surface area contributed by atoms with E-state index in [-0.39, 0.29) is 11.9 Å². The third-order valence-electron chi connectivity index (χ3n) is 2.59. The maximum Gasteiger partial charge on any atom is 0.256 e. The molecule has 1 saturated heterocycles. The van der Waals surface area contributed by atoms with E-state index in [9.17, 15) is 4.79 Å². The van der Waals surface area contributed by atoms with Gasteiger partial charge in [0.2, 0.25) is 0 Å². The van der Waals surface area contributed by atoms with Crippen LogP contribution in [-0.2, 0) is 4.79 Å². The molecule has 1 aliphatic rings. The van der Waals surface area contributed by atoms with Crippen LogP contribution in [0.2, 0.25) is 0 Å². The van der Waals surface area contributed by atoms with Gasteiger partial charge in [0.25, 0.3) is 5.91 Å². The van der Waals surface area contributed by atoms with Crippen LogP contribution in [0.4, 0.5) is 0 Å². The fourth-order valence-electron chi connectivity index (χ4n) is 1.71. The molecule has 15 heavy (non-hydrogen) atoms. The molecule has 4 heteroatoms. The van der Waals surface area contributed by atoms with Gasteiger partial charge >= 0.3 is 0 Å². The van der Waals surface area contributed by atoms with Crippen molar-refractivity contribution < 1.29 is 4.79 Å². The number of rotatable bonds is 1. The first kappa shape index (κ1) is 10.8. The van der Waals surface area contributed by atoms with Crippen LogP contribution in [0.3, 0.4) is 0 Å². The number of piperidine rings is 1. The molecule has 1 aromatic rings. The Bertz CT molecular complexity index is 364. The van der Waals surface area contributed by atoms with Crippen molar-refractivity contribution in [3.63, 3.8) is 0 Å². The van der Waals surface area contributed by atoms with E-state index in [1.807, 2.05) is 30.3 Å². The highest BCUT2D eigenvalue weighted by Crippen LogP contribution is 2.35. The van der Waals surface area contributed by atoms with E-state index in [0.717, 1.165) is 12.0 Å². The fraction of sp³-hybridized carbons (Fsp3) is 0.364. The Morgan fingerprint density at radius 3 is 2.53 bits per heavy atom. The smallest absolute Gasteiger partial charge is 0.256 e. The largest absolute Gasteiger partial charge is 0.347 e. The molecule has 1 atom stereocenters. The van der Waals surface area contributed by atoms with Crippen LogP contribution in [0, 0.1) is 0 Å². The van der Waals surface area contributed by atoms with Crippen LogP contribution in [0.1, 0.15) is 24.4 Å². The van der Waals surface area contributed by atoms with Gasteiger partial charge in [-0.2, -0.15) is 0 Å². The SMILES string of the molecule is O=C1N[C@@H](c2ccccc2)CCC1(Cl)Cl. The molecule has 80 valence electrons. The minimum Gasteiger partial charge on any atom is -0.347 e. The summed E-state index contributed by atoms with van der Waals surface area (Å²) in [6, 6.07) is 9.85. The number of hydrogen-bond acceptors (Lipinski definition) is 1. The highest BCUT2D eigenvalue weighted by Gasteiger charge is 2.39. The van der Waals surface area contributed by atoms with Crippen LogP contribution in [0.25, 0.3) is 0 Å². The van der Waals surface area contributed by atoms with E-state index in [0.29, 0.717) is 6.42 Å². The molecule has 0 bridgehead atoms. The maximum atomic E-state index is 11.5. The number of hydrogen-bond donors (Lipinski definition) is 1. The van der Waals surface area contributed by atoms with Crippen LogP contribution in [0.15, 0.2) is 30.3 Å². The summed E-state index contributed by atoms with van der Waals surface area (Å²) in [4.78, 5) is 11.5. The molecule has 1 N–H and O–H groups in total. The number of halogens is 2. The number of nitrogens with one attached hydrogen (secondary N) is 1. The molecule has 0 aromatic heterocycles. The highest BCUT2D eigenvalue weighted by molar-refractivity contribution is 6.58. The van der Waals surface area contributed by atoms with Gasteiger partial charge in [0.15, 0.2) is 4.33 Å². The molecule has 1 fully saturated rings. The van der Waals surface area contributed by atoms with Gasteiger partial charge in [-0.25, -0.2) is 0 Å². The quantitative estimate of drug-likeness (QED) is 0.756. The molecule has 0 aliphatic carbocycles. The Morgan fingerprint density at radius 1 is 1.27 bits per heavy atom. The van der Waals surface area contributed by atoms with Gasteiger partial charge in [0.1, 0.15) is 0 Å². The molecule has 1 aromatic carbocycles. The zero-order valence-corrected chi connectivity index (χ0v) is 9.55. The Balaban J connectivity index is 2.13. The standard InChI is InChI=1S/C11H11Cl2NO/c12-11(13)7-6-9(14-10(11)15)8-4-2-1-3-5-8/h1-5,9H,6-7H2,(H,14,15)/t9-/m1/s1. The van der Waals surface area contributed by atoms with Crippen molar-refractivity contribution in [3.8, 4) is 0 Å². The van der Waals surface area contributed by atoms with E-state index >= 15 is 0 Å². The number of benzene rings is 1. The number of alkyl halides is 2. The van der Waals surface area contributed by atoms with Gasteiger partial charge in [-0.15, -0.1) is 0 Å². The molecule has 0 spiro atoms. The summed E-state index contributed by atoms with van der Waals surface area (Å²) in [5.41, 5.74) is 1.09. The topological polar surface area (TPSA) is 29.1 Å².